The second kappa shape index (κ2) is 7.25. The lowest BCUT2D eigenvalue weighted by molar-refractivity contribution is -0.120. The maximum atomic E-state index is 14.2. The third kappa shape index (κ3) is 4.50. The molecule has 0 unspecified atom stereocenters. The van der Waals surface area contributed by atoms with Crippen molar-refractivity contribution in [3.63, 3.8) is 0 Å². The standard InChI is InChI=1S/C17H24FN3O3/c1-17(2,24)14(18)9-13-15(16(19)23)12(6-7-20-13)21-10-4-3-5-11(22)8-10/h6-7,10,14,24H,3-5,8-9H2,1-2H3,(H2,19,23)(H,20,21)/t10-,14+/m0/s1. The zero-order valence-corrected chi connectivity index (χ0v) is 14.0. The molecule has 1 aliphatic carbocycles. The molecule has 132 valence electrons. The molecule has 2 rings (SSSR count). The van der Waals surface area contributed by atoms with Crippen LogP contribution in [0.4, 0.5) is 10.1 Å². The van der Waals surface area contributed by atoms with Gasteiger partial charge in [0.05, 0.1) is 22.5 Å². The molecule has 6 nitrogen and oxygen atoms in total. The van der Waals surface area contributed by atoms with Crippen molar-refractivity contribution < 1.29 is 19.1 Å². The lowest BCUT2D eigenvalue weighted by Crippen LogP contribution is -2.35. The fourth-order valence-electron chi connectivity index (χ4n) is 2.84. The van der Waals surface area contributed by atoms with Crippen molar-refractivity contribution in [1.82, 2.24) is 4.98 Å². The van der Waals surface area contributed by atoms with Crippen LogP contribution in [-0.2, 0) is 11.2 Å². The number of Topliss-reactive ketones (excluding diaryl/α,β-unsaturated/α-hetero) is 1. The zero-order valence-electron chi connectivity index (χ0n) is 14.0. The van der Waals surface area contributed by atoms with E-state index in [4.69, 9.17) is 5.73 Å². The van der Waals surface area contributed by atoms with Crippen LogP contribution in [0.1, 0.15) is 55.6 Å². The highest BCUT2D eigenvalue weighted by Gasteiger charge is 2.30. The van der Waals surface area contributed by atoms with Gasteiger partial charge in [-0.25, -0.2) is 4.39 Å². The highest BCUT2D eigenvalue weighted by Crippen LogP contribution is 2.26. The number of aliphatic hydroxyl groups is 1. The second-order valence-electron chi connectivity index (χ2n) is 6.85. The minimum absolute atomic E-state index is 0.0740. The van der Waals surface area contributed by atoms with Crippen LogP contribution in [0.2, 0.25) is 0 Å². The fraction of sp³-hybridized carbons (Fsp3) is 0.588. The van der Waals surface area contributed by atoms with Gasteiger partial charge in [0.25, 0.3) is 5.91 Å². The number of nitrogens with zero attached hydrogens (tertiary/aromatic N) is 1. The van der Waals surface area contributed by atoms with E-state index in [1.54, 1.807) is 6.07 Å². The highest BCUT2D eigenvalue weighted by atomic mass is 19.1. The molecule has 1 fully saturated rings. The Morgan fingerprint density at radius 3 is 2.88 bits per heavy atom. The molecule has 1 aromatic rings. The first kappa shape index (κ1) is 18.3. The van der Waals surface area contributed by atoms with Crippen molar-refractivity contribution in [2.75, 3.05) is 5.32 Å². The van der Waals surface area contributed by atoms with E-state index in [2.05, 4.69) is 10.3 Å². The largest absolute Gasteiger partial charge is 0.387 e. The van der Waals surface area contributed by atoms with Gasteiger partial charge in [-0.15, -0.1) is 0 Å². The monoisotopic (exact) mass is 337 g/mol. The van der Waals surface area contributed by atoms with Crippen molar-refractivity contribution in [3.8, 4) is 0 Å². The Morgan fingerprint density at radius 1 is 1.58 bits per heavy atom. The van der Waals surface area contributed by atoms with Crippen LogP contribution in [0.15, 0.2) is 12.3 Å². The van der Waals surface area contributed by atoms with Gasteiger partial charge in [0.2, 0.25) is 0 Å². The number of nitrogens with one attached hydrogen (secondary N) is 1. The molecule has 0 aromatic carbocycles. The number of pyridine rings is 1. The maximum absolute atomic E-state index is 14.2. The van der Waals surface area contributed by atoms with Crippen molar-refractivity contribution in [3.05, 3.63) is 23.5 Å². The molecule has 0 saturated heterocycles. The number of nitrogens with two attached hydrogens (primary N) is 1. The summed E-state index contributed by atoms with van der Waals surface area (Å²) in [7, 11) is 0. The summed E-state index contributed by atoms with van der Waals surface area (Å²) in [5.41, 5.74) is 4.68. The second-order valence-corrected chi connectivity index (χ2v) is 6.85. The average molecular weight is 337 g/mol. The Labute approximate surface area is 140 Å². The van der Waals surface area contributed by atoms with Crippen LogP contribution in [0, 0.1) is 0 Å². The number of hydrogen-bond donors (Lipinski definition) is 3. The van der Waals surface area contributed by atoms with E-state index in [0.29, 0.717) is 18.5 Å². The molecule has 0 aliphatic heterocycles. The Balaban J connectivity index is 2.26. The van der Waals surface area contributed by atoms with Crippen molar-refractivity contribution in [2.24, 2.45) is 5.73 Å². The van der Waals surface area contributed by atoms with Crippen LogP contribution in [0.25, 0.3) is 0 Å². The number of alkyl halides is 1. The van der Waals surface area contributed by atoms with Gasteiger partial charge in [0.15, 0.2) is 0 Å². The molecule has 1 aliphatic rings. The third-order valence-corrected chi connectivity index (χ3v) is 4.26. The lowest BCUT2D eigenvalue weighted by atomic mass is 9.93. The van der Waals surface area contributed by atoms with E-state index in [1.165, 1.54) is 20.0 Å². The quantitative estimate of drug-likeness (QED) is 0.733. The van der Waals surface area contributed by atoms with Crippen molar-refractivity contribution in [2.45, 2.75) is 63.8 Å². The number of primary amides is 1. The van der Waals surface area contributed by atoms with Gasteiger partial charge in [0, 0.05) is 31.5 Å². The van der Waals surface area contributed by atoms with Gasteiger partial charge in [-0.2, -0.15) is 0 Å². The molecule has 0 spiro atoms. The van der Waals surface area contributed by atoms with E-state index in [0.717, 1.165) is 12.8 Å². The number of carbonyl (C=O) groups is 2. The Bertz CT molecular complexity index is 628. The van der Waals surface area contributed by atoms with Gasteiger partial charge >= 0.3 is 0 Å². The summed E-state index contributed by atoms with van der Waals surface area (Å²) < 4.78 is 14.2. The van der Waals surface area contributed by atoms with Crippen LogP contribution < -0.4 is 11.1 Å². The van der Waals surface area contributed by atoms with Crippen molar-refractivity contribution in [1.29, 1.82) is 0 Å². The number of rotatable bonds is 6. The van der Waals surface area contributed by atoms with Gasteiger partial charge in [0.1, 0.15) is 12.0 Å². The van der Waals surface area contributed by atoms with Gasteiger partial charge < -0.3 is 16.2 Å². The third-order valence-electron chi connectivity index (χ3n) is 4.26. The SMILES string of the molecule is CC(C)(O)[C@H](F)Cc1nccc(N[C@H]2CCCC(=O)C2)c1C(N)=O. The molecule has 4 N–H and O–H groups in total. The van der Waals surface area contributed by atoms with Crippen LogP contribution in [-0.4, -0.2) is 39.6 Å². The number of aromatic nitrogens is 1. The summed E-state index contributed by atoms with van der Waals surface area (Å²) in [5.74, 6) is -0.537. The first-order valence-electron chi connectivity index (χ1n) is 8.11. The zero-order chi connectivity index (χ0) is 17.9. The molecule has 1 aromatic heterocycles. The van der Waals surface area contributed by atoms with Crippen LogP contribution in [0.5, 0.6) is 0 Å². The number of amides is 1. The molecular weight excluding hydrogens is 313 g/mol. The summed E-state index contributed by atoms with van der Waals surface area (Å²) in [6.45, 7) is 2.72. The Kier molecular flexibility index (Phi) is 5.54. The summed E-state index contributed by atoms with van der Waals surface area (Å²) in [6.07, 6.45) is 2.24. The van der Waals surface area contributed by atoms with E-state index in [9.17, 15) is 19.1 Å². The fourth-order valence-corrected chi connectivity index (χ4v) is 2.84. The van der Waals surface area contributed by atoms with E-state index >= 15 is 0 Å². The van der Waals surface area contributed by atoms with E-state index in [1.807, 2.05) is 0 Å². The molecule has 1 saturated carbocycles. The Hall–Kier alpha value is -2.02. The normalized spacial score (nSPS) is 19.8. The minimum Gasteiger partial charge on any atom is -0.387 e. The Morgan fingerprint density at radius 2 is 2.29 bits per heavy atom. The molecular formula is C17H24FN3O3. The lowest BCUT2D eigenvalue weighted by Gasteiger charge is -2.26. The van der Waals surface area contributed by atoms with Gasteiger partial charge in [-0.3, -0.25) is 14.6 Å². The number of carbonyl (C=O) groups excluding carboxylic acids is 2. The topological polar surface area (TPSA) is 105 Å². The average Bonchev–Trinajstić information content (AvgIpc) is 2.46. The molecule has 1 amide bonds. The summed E-state index contributed by atoms with van der Waals surface area (Å²) in [4.78, 5) is 27.5. The molecule has 0 radical (unpaired) electrons. The molecule has 2 atom stereocenters. The van der Waals surface area contributed by atoms with Crippen molar-refractivity contribution >= 4 is 17.4 Å². The van der Waals surface area contributed by atoms with E-state index < -0.39 is 17.7 Å². The molecule has 24 heavy (non-hydrogen) atoms. The van der Waals surface area contributed by atoms with Crippen LogP contribution in [0.3, 0.4) is 0 Å². The number of halogens is 1. The van der Waals surface area contributed by atoms with Gasteiger partial charge in [-0.05, 0) is 32.8 Å². The summed E-state index contributed by atoms with van der Waals surface area (Å²) in [5, 5.41) is 12.9. The first-order valence-corrected chi connectivity index (χ1v) is 8.11. The summed E-state index contributed by atoms with van der Waals surface area (Å²) in [6, 6.07) is 1.52. The highest BCUT2D eigenvalue weighted by molar-refractivity contribution is 5.99. The van der Waals surface area contributed by atoms with Gasteiger partial charge in [-0.1, -0.05) is 0 Å². The van der Waals surface area contributed by atoms with Crippen LogP contribution >= 0.6 is 0 Å². The molecule has 1 heterocycles. The number of ketones is 1. The minimum atomic E-state index is -1.59. The molecule has 7 heteroatoms. The summed E-state index contributed by atoms with van der Waals surface area (Å²) >= 11 is 0. The van der Waals surface area contributed by atoms with E-state index in [-0.39, 0.29) is 29.5 Å². The predicted molar refractivity (Wildman–Crippen MR) is 88.5 cm³/mol. The first-order chi connectivity index (χ1) is 11.2. The number of hydrogen-bond acceptors (Lipinski definition) is 5. The maximum Gasteiger partial charge on any atom is 0.252 e. The smallest absolute Gasteiger partial charge is 0.252 e. The predicted octanol–water partition coefficient (Wildman–Crippen LogP) is 1.76. The number of anilines is 1. The molecule has 0 bridgehead atoms.